The summed E-state index contributed by atoms with van der Waals surface area (Å²) in [6, 6.07) is 17.7. The molecule has 0 radical (unpaired) electrons. The second kappa shape index (κ2) is 9.02. The van der Waals surface area contributed by atoms with Gasteiger partial charge in [0.2, 0.25) is 0 Å². The molecule has 0 aromatic heterocycles. The summed E-state index contributed by atoms with van der Waals surface area (Å²) in [6.07, 6.45) is 1.98. The molecule has 0 saturated heterocycles. The molecule has 4 rings (SSSR count). The van der Waals surface area contributed by atoms with E-state index >= 15 is 0 Å². The molecule has 3 aromatic rings. The highest BCUT2D eigenvalue weighted by atomic mass is 16.5. The summed E-state index contributed by atoms with van der Waals surface area (Å²) >= 11 is 0. The summed E-state index contributed by atoms with van der Waals surface area (Å²) in [4.78, 5) is 15.5. The monoisotopic (exact) mass is 442 g/mol. The first-order valence-corrected chi connectivity index (χ1v) is 11.0. The summed E-state index contributed by atoms with van der Waals surface area (Å²) < 4.78 is 10.9. The molecule has 5 heteroatoms. The fraction of sp³-hybridized carbons (Fsp3) is 0.250. The summed E-state index contributed by atoms with van der Waals surface area (Å²) in [5, 5.41) is 3.35. The predicted octanol–water partition coefficient (Wildman–Crippen LogP) is 6.02. The number of methoxy groups -OCH3 is 2. The van der Waals surface area contributed by atoms with Gasteiger partial charge in [-0.05, 0) is 98.0 Å². The van der Waals surface area contributed by atoms with Crippen LogP contribution in [0, 0.1) is 27.7 Å². The topological polar surface area (TPSA) is 50.8 Å². The number of ether oxygens (including phenoxy) is 2. The van der Waals surface area contributed by atoms with Gasteiger partial charge >= 0.3 is 0 Å². The van der Waals surface area contributed by atoms with Crippen LogP contribution in [0.15, 0.2) is 66.4 Å². The smallest absolute Gasteiger partial charge is 0.275 e. The summed E-state index contributed by atoms with van der Waals surface area (Å²) in [5.41, 5.74) is 7.96. The normalized spacial score (nSPS) is 15.5. The maximum absolute atomic E-state index is 13.7. The third-order valence-corrected chi connectivity index (χ3v) is 6.36. The lowest BCUT2D eigenvalue weighted by atomic mass is 10.0. The number of rotatable bonds is 6. The van der Waals surface area contributed by atoms with E-state index in [1.807, 2.05) is 41.3 Å². The largest absolute Gasteiger partial charge is 0.493 e. The third-order valence-electron chi connectivity index (χ3n) is 6.36. The lowest BCUT2D eigenvalue weighted by Gasteiger charge is -2.26. The van der Waals surface area contributed by atoms with Crippen LogP contribution in [0.3, 0.4) is 0 Å². The Labute approximate surface area is 195 Å². The zero-order valence-corrected chi connectivity index (χ0v) is 20.0. The summed E-state index contributed by atoms with van der Waals surface area (Å²) in [5.74, 6) is 1.21. The van der Waals surface area contributed by atoms with Crippen LogP contribution in [0.2, 0.25) is 0 Å². The maximum atomic E-state index is 13.7. The molecule has 1 aliphatic rings. The molecule has 0 spiro atoms. The fourth-order valence-electron chi connectivity index (χ4n) is 4.06. The van der Waals surface area contributed by atoms with Crippen molar-refractivity contribution in [1.82, 2.24) is 0 Å². The van der Waals surface area contributed by atoms with E-state index in [0.29, 0.717) is 17.2 Å². The minimum Gasteiger partial charge on any atom is -0.493 e. The number of anilines is 2. The summed E-state index contributed by atoms with van der Waals surface area (Å²) in [6.45, 7) is 8.28. The van der Waals surface area contributed by atoms with E-state index in [0.717, 1.165) is 22.5 Å². The standard InChI is InChI=1S/C28H30N2O3/c1-17-7-10-22(13-19(17)3)29-24-16-25(21-9-12-26(32-5)27(15-21)33-6)30(28(24)31)23-11-8-18(2)20(4)14-23/h7-16,25,29H,1-6H3/t25-/m0/s1. The van der Waals surface area contributed by atoms with Gasteiger partial charge < -0.3 is 14.8 Å². The van der Waals surface area contributed by atoms with Crippen molar-refractivity contribution in [3.8, 4) is 11.5 Å². The minimum absolute atomic E-state index is 0.0729. The maximum Gasteiger partial charge on any atom is 0.275 e. The number of benzene rings is 3. The Morgan fingerprint density at radius 1 is 0.758 bits per heavy atom. The van der Waals surface area contributed by atoms with Crippen molar-refractivity contribution >= 4 is 17.3 Å². The number of nitrogens with one attached hydrogen (secondary N) is 1. The van der Waals surface area contributed by atoms with Gasteiger partial charge in [-0.25, -0.2) is 0 Å². The number of aryl methyl sites for hydroxylation is 4. The molecule has 0 aliphatic carbocycles. The number of hydrogen-bond acceptors (Lipinski definition) is 4. The highest BCUT2D eigenvalue weighted by molar-refractivity contribution is 6.11. The van der Waals surface area contributed by atoms with E-state index in [4.69, 9.17) is 9.47 Å². The molecule has 1 atom stereocenters. The van der Waals surface area contributed by atoms with E-state index in [1.165, 1.54) is 16.7 Å². The van der Waals surface area contributed by atoms with Gasteiger partial charge in [0.25, 0.3) is 5.91 Å². The van der Waals surface area contributed by atoms with Gasteiger partial charge in [-0.2, -0.15) is 0 Å². The van der Waals surface area contributed by atoms with Crippen LogP contribution in [0.5, 0.6) is 11.5 Å². The van der Waals surface area contributed by atoms with Crippen molar-refractivity contribution in [1.29, 1.82) is 0 Å². The van der Waals surface area contributed by atoms with Gasteiger partial charge in [0.05, 0.1) is 20.3 Å². The highest BCUT2D eigenvalue weighted by Crippen LogP contribution is 2.39. The highest BCUT2D eigenvalue weighted by Gasteiger charge is 2.35. The molecule has 1 N–H and O–H groups in total. The molecule has 33 heavy (non-hydrogen) atoms. The lowest BCUT2D eigenvalue weighted by Crippen LogP contribution is -2.31. The SMILES string of the molecule is COc1ccc([C@@H]2C=C(Nc3ccc(C)c(C)c3)C(=O)N2c2ccc(C)c(C)c2)cc1OC. The number of carbonyl (C=O) groups is 1. The Morgan fingerprint density at radius 3 is 2.06 bits per heavy atom. The average Bonchev–Trinajstić information content (AvgIpc) is 3.13. The first-order valence-electron chi connectivity index (χ1n) is 11.0. The van der Waals surface area contributed by atoms with E-state index in [2.05, 4.69) is 57.3 Å². The van der Waals surface area contributed by atoms with E-state index < -0.39 is 0 Å². The van der Waals surface area contributed by atoms with Crippen molar-refractivity contribution in [3.05, 3.63) is 94.2 Å². The molecular weight excluding hydrogens is 412 g/mol. The average molecular weight is 443 g/mol. The quantitative estimate of drug-likeness (QED) is 0.507. The van der Waals surface area contributed by atoms with Crippen LogP contribution < -0.4 is 19.7 Å². The second-order valence-corrected chi connectivity index (χ2v) is 8.51. The van der Waals surface area contributed by atoms with Gasteiger partial charge in [-0.3, -0.25) is 9.69 Å². The van der Waals surface area contributed by atoms with Crippen LogP contribution in [0.25, 0.3) is 0 Å². The van der Waals surface area contributed by atoms with Gasteiger partial charge in [0.15, 0.2) is 11.5 Å². The molecule has 1 heterocycles. The van der Waals surface area contributed by atoms with Crippen molar-refractivity contribution in [2.45, 2.75) is 33.7 Å². The van der Waals surface area contributed by atoms with Crippen molar-refractivity contribution < 1.29 is 14.3 Å². The van der Waals surface area contributed by atoms with Crippen molar-refractivity contribution in [3.63, 3.8) is 0 Å². The Bertz CT molecular complexity index is 1250. The van der Waals surface area contributed by atoms with Gasteiger partial charge in [0.1, 0.15) is 5.70 Å². The molecule has 0 saturated carbocycles. The molecule has 0 bridgehead atoms. The lowest BCUT2D eigenvalue weighted by molar-refractivity contribution is -0.114. The van der Waals surface area contributed by atoms with Crippen molar-refractivity contribution in [2.24, 2.45) is 0 Å². The van der Waals surface area contributed by atoms with Crippen LogP contribution in [0.4, 0.5) is 11.4 Å². The molecule has 0 fully saturated rings. The van der Waals surface area contributed by atoms with Crippen LogP contribution in [-0.4, -0.2) is 20.1 Å². The minimum atomic E-state index is -0.284. The van der Waals surface area contributed by atoms with Gasteiger partial charge in [0, 0.05) is 11.4 Å². The second-order valence-electron chi connectivity index (χ2n) is 8.51. The fourth-order valence-corrected chi connectivity index (χ4v) is 4.06. The molecule has 0 unspecified atom stereocenters. The Balaban J connectivity index is 1.78. The predicted molar refractivity (Wildman–Crippen MR) is 133 cm³/mol. The first kappa shape index (κ1) is 22.5. The van der Waals surface area contributed by atoms with Crippen LogP contribution in [-0.2, 0) is 4.79 Å². The van der Waals surface area contributed by atoms with E-state index in [-0.39, 0.29) is 11.9 Å². The van der Waals surface area contributed by atoms with Crippen molar-refractivity contribution in [2.75, 3.05) is 24.4 Å². The van der Waals surface area contributed by atoms with Crippen LogP contribution >= 0.6 is 0 Å². The molecule has 170 valence electrons. The number of amides is 1. The number of nitrogens with zero attached hydrogens (tertiary/aromatic N) is 1. The Morgan fingerprint density at radius 2 is 1.42 bits per heavy atom. The molecule has 1 amide bonds. The molecule has 1 aliphatic heterocycles. The van der Waals surface area contributed by atoms with Gasteiger partial charge in [-0.1, -0.05) is 18.2 Å². The van der Waals surface area contributed by atoms with E-state index in [1.54, 1.807) is 14.2 Å². The molecule has 3 aromatic carbocycles. The first-order chi connectivity index (χ1) is 15.8. The Kier molecular flexibility index (Phi) is 6.14. The van der Waals surface area contributed by atoms with Crippen LogP contribution in [0.1, 0.15) is 33.9 Å². The van der Waals surface area contributed by atoms with E-state index in [9.17, 15) is 4.79 Å². The number of carbonyl (C=O) groups excluding carboxylic acids is 1. The summed E-state index contributed by atoms with van der Waals surface area (Å²) in [7, 11) is 3.23. The zero-order chi connectivity index (χ0) is 23.7. The molecule has 5 nitrogen and oxygen atoms in total. The molecular formula is C28H30N2O3. The number of hydrogen-bond donors (Lipinski definition) is 1. The zero-order valence-electron chi connectivity index (χ0n) is 20.0. The third kappa shape index (κ3) is 4.31. The van der Waals surface area contributed by atoms with Gasteiger partial charge in [-0.15, -0.1) is 0 Å². The Hall–Kier alpha value is -3.73.